The van der Waals surface area contributed by atoms with Gasteiger partial charge in [-0.2, -0.15) is 0 Å². The summed E-state index contributed by atoms with van der Waals surface area (Å²) in [5.74, 6) is 2.67. The first-order valence-electron chi connectivity index (χ1n) is 4.98. The Bertz CT molecular complexity index is 337. The number of hydrogen-bond acceptors (Lipinski definition) is 0. The van der Waals surface area contributed by atoms with E-state index in [-0.39, 0.29) is 0 Å². The maximum Gasteiger partial charge on any atom is 0.0317 e. The Morgan fingerprint density at radius 3 is 2.36 bits per heavy atom. The molecule has 0 aliphatic rings. The maximum absolute atomic E-state index is 5.37. The van der Waals surface area contributed by atoms with Crippen molar-refractivity contribution in [2.75, 3.05) is 0 Å². The summed E-state index contributed by atoms with van der Waals surface area (Å²) in [5.41, 5.74) is 3.35. The molecule has 0 atom stereocenters. The van der Waals surface area contributed by atoms with Crippen molar-refractivity contribution in [1.82, 2.24) is 0 Å². The maximum atomic E-state index is 5.37. The fourth-order valence-corrected chi connectivity index (χ4v) is 1.11. The molecule has 0 aliphatic carbocycles. The molecule has 0 N–H and O–H groups in total. The molecule has 0 saturated heterocycles. The molecule has 0 spiro atoms. The zero-order chi connectivity index (χ0) is 11.0. The average molecular weight is 186 g/mol. The third-order valence-electron chi connectivity index (χ3n) is 1.94. The zero-order valence-corrected chi connectivity index (χ0v) is 9.46. The molecule has 0 saturated carbocycles. The molecule has 0 amide bonds. The van der Waals surface area contributed by atoms with Crippen molar-refractivity contribution in [2.45, 2.75) is 27.7 Å². The lowest BCUT2D eigenvalue weighted by atomic mass is 10.0. The zero-order valence-electron chi connectivity index (χ0n) is 9.46. The second-order valence-electron chi connectivity index (χ2n) is 2.66. The van der Waals surface area contributed by atoms with Gasteiger partial charge >= 0.3 is 0 Å². The van der Waals surface area contributed by atoms with E-state index < -0.39 is 0 Å². The third-order valence-corrected chi connectivity index (χ3v) is 1.94. The largest absolute Gasteiger partial charge is 0.115 e. The van der Waals surface area contributed by atoms with E-state index >= 15 is 0 Å². The number of allylic oxidation sites excluding steroid dienone is 2. The summed E-state index contributed by atoms with van der Waals surface area (Å²) in [6, 6.07) is 7.97. The Balaban J connectivity index is 0.000000791. The van der Waals surface area contributed by atoms with Crippen LogP contribution in [0.4, 0.5) is 0 Å². The molecule has 1 rings (SSSR count). The van der Waals surface area contributed by atoms with Crippen molar-refractivity contribution in [3.8, 4) is 12.3 Å². The first-order valence-corrected chi connectivity index (χ1v) is 4.98. The minimum Gasteiger partial charge on any atom is -0.115 e. The topological polar surface area (TPSA) is 0 Å². The number of terminal acetylenes is 1. The molecule has 74 valence electrons. The molecule has 0 radical (unpaired) electrons. The number of benzene rings is 1. The van der Waals surface area contributed by atoms with Gasteiger partial charge in [0, 0.05) is 5.56 Å². The van der Waals surface area contributed by atoms with Gasteiger partial charge < -0.3 is 0 Å². The summed E-state index contributed by atoms with van der Waals surface area (Å²) in [7, 11) is 0. The monoisotopic (exact) mass is 186 g/mol. The Kier molecular flexibility index (Phi) is 6.24. The minimum atomic E-state index is 0.966. The standard InChI is InChI=1S/C12H12.C2H6/c1-4-10(3)12-9-7-6-8-11(12)5-2;1-2/h2,4,6-9H,1,3H3;1-2H3/b10-4-;. The van der Waals surface area contributed by atoms with Crippen LogP contribution in [0, 0.1) is 12.3 Å². The van der Waals surface area contributed by atoms with Gasteiger partial charge in [0.15, 0.2) is 0 Å². The van der Waals surface area contributed by atoms with E-state index in [0.29, 0.717) is 0 Å². The van der Waals surface area contributed by atoms with E-state index in [0.717, 1.165) is 11.1 Å². The van der Waals surface area contributed by atoms with E-state index in [1.165, 1.54) is 5.57 Å². The van der Waals surface area contributed by atoms with Gasteiger partial charge in [-0.25, -0.2) is 0 Å². The SMILES string of the molecule is C#Cc1ccccc1/C(C)=C\C.CC. The van der Waals surface area contributed by atoms with Gasteiger partial charge in [-0.05, 0) is 31.1 Å². The van der Waals surface area contributed by atoms with Crippen molar-refractivity contribution in [3.63, 3.8) is 0 Å². The average Bonchev–Trinajstić information content (AvgIpc) is 2.30. The molecule has 1 aromatic carbocycles. The highest BCUT2D eigenvalue weighted by Crippen LogP contribution is 2.17. The summed E-state index contributed by atoms with van der Waals surface area (Å²) in [6.07, 6.45) is 7.43. The van der Waals surface area contributed by atoms with Crippen LogP contribution in [0.25, 0.3) is 5.57 Å². The molecule has 1 aromatic rings. The van der Waals surface area contributed by atoms with Crippen molar-refractivity contribution >= 4 is 5.57 Å². The summed E-state index contributed by atoms with van der Waals surface area (Å²) < 4.78 is 0. The molecular formula is C14H18. The quantitative estimate of drug-likeness (QED) is 0.579. The van der Waals surface area contributed by atoms with Gasteiger partial charge in [0.05, 0.1) is 0 Å². The van der Waals surface area contributed by atoms with Crippen LogP contribution in [-0.2, 0) is 0 Å². The predicted molar refractivity (Wildman–Crippen MR) is 65.1 cm³/mol. The molecule has 0 aromatic heterocycles. The van der Waals surface area contributed by atoms with E-state index in [1.54, 1.807) is 0 Å². The van der Waals surface area contributed by atoms with Gasteiger partial charge in [0.25, 0.3) is 0 Å². The second-order valence-corrected chi connectivity index (χ2v) is 2.66. The summed E-state index contributed by atoms with van der Waals surface area (Å²) in [4.78, 5) is 0. The first kappa shape index (κ1) is 12.5. The van der Waals surface area contributed by atoms with Crippen molar-refractivity contribution in [3.05, 3.63) is 41.5 Å². The van der Waals surface area contributed by atoms with E-state index in [2.05, 4.69) is 18.9 Å². The molecule has 0 unspecified atom stereocenters. The molecular weight excluding hydrogens is 168 g/mol. The van der Waals surface area contributed by atoms with Gasteiger partial charge in [0.1, 0.15) is 0 Å². The molecule has 0 fully saturated rings. The van der Waals surface area contributed by atoms with Gasteiger partial charge in [-0.15, -0.1) is 6.42 Å². The number of hydrogen-bond donors (Lipinski definition) is 0. The fraction of sp³-hybridized carbons (Fsp3) is 0.286. The normalized spacial score (nSPS) is 9.79. The van der Waals surface area contributed by atoms with Gasteiger partial charge in [0.2, 0.25) is 0 Å². The lowest BCUT2D eigenvalue weighted by molar-refractivity contribution is 1.50. The van der Waals surface area contributed by atoms with Crippen molar-refractivity contribution in [1.29, 1.82) is 0 Å². The van der Waals surface area contributed by atoms with Crippen LogP contribution >= 0.6 is 0 Å². The molecule has 0 heteroatoms. The van der Waals surface area contributed by atoms with Crippen LogP contribution in [-0.4, -0.2) is 0 Å². The Morgan fingerprint density at radius 2 is 1.86 bits per heavy atom. The van der Waals surface area contributed by atoms with Gasteiger partial charge in [-0.1, -0.05) is 44.0 Å². The van der Waals surface area contributed by atoms with Crippen LogP contribution in [0.1, 0.15) is 38.8 Å². The Hall–Kier alpha value is -1.48. The molecule has 0 heterocycles. The highest BCUT2D eigenvalue weighted by molar-refractivity contribution is 5.69. The second kappa shape index (κ2) is 6.97. The third kappa shape index (κ3) is 3.11. The number of rotatable bonds is 1. The smallest absolute Gasteiger partial charge is 0.0317 e. The van der Waals surface area contributed by atoms with Crippen LogP contribution in [0.2, 0.25) is 0 Å². The predicted octanol–water partition coefficient (Wildman–Crippen LogP) is 4.12. The Labute approximate surface area is 87.7 Å². The van der Waals surface area contributed by atoms with E-state index in [1.807, 2.05) is 45.0 Å². The van der Waals surface area contributed by atoms with Crippen LogP contribution in [0.15, 0.2) is 30.3 Å². The minimum absolute atomic E-state index is 0.966. The lowest BCUT2D eigenvalue weighted by Crippen LogP contribution is -1.84. The lowest BCUT2D eigenvalue weighted by Gasteiger charge is -2.02. The van der Waals surface area contributed by atoms with Crippen molar-refractivity contribution in [2.24, 2.45) is 0 Å². The molecule has 0 bridgehead atoms. The van der Waals surface area contributed by atoms with E-state index in [4.69, 9.17) is 6.42 Å². The summed E-state index contributed by atoms with van der Waals surface area (Å²) >= 11 is 0. The van der Waals surface area contributed by atoms with Crippen LogP contribution in [0.5, 0.6) is 0 Å². The Morgan fingerprint density at radius 1 is 1.29 bits per heavy atom. The molecule has 0 nitrogen and oxygen atoms in total. The molecule has 14 heavy (non-hydrogen) atoms. The molecule has 0 aliphatic heterocycles. The first-order chi connectivity index (χ1) is 6.79. The van der Waals surface area contributed by atoms with Crippen LogP contribution < -0.4 is 0 Å². The van der Waals surface area contributed by atoms with E-state index in [9.17, 15) is 0 Å². The van der Waals surface area contributed by atoms with Gasteiger partial charge in [-0.3, -0.25) is 0 Å². The fourth-order valence-electron chi connectivity index (χ4n) is 1.11. The summed E-state index contributed by atoms with van der Waals surface area (Å²) in [5, 5.41) is 0. The highest BCUT2D eigenvalue weighted by atomic mass is 14.0. The van der Waals surface area contributed by atoms with Crippen molar-refractivity contribution < 1.29 is 0 Å². The summed E-state index contributed by atoms with van der Waals surface area (Å²) in [6.45, 7) is 8.08. The highest BCUT2D eigenvalue weighted by Gasteiger charge is 1.98. The van der Waals surface area contributed by atoms with Crippen LogP contribution in [0.3, 0.4) is 0 Å².